The molecule has 3 heterocycles. The lowest BCUT2D eigenvalue weighted by Crippen LogP contribution is -2.38. The maximum Gasteiger partial charge on any atom is 0.323 e. The Morgan fingerprint density at radius 3 is 2.57 bits per heavy atom. The Bertz CT molecular complexity index is 799. The van der Waals surface area contributed by atoms with Crippen molar-refractivity contribution in [3.8, 4) is 11.8 Å². The Balaban J connectivity index is 1.52. The summed E-state index contributed by atoms with van der Waals surface area (Å²) in [7, 11) is 6.78. The summed E-state index contributed by atoms with van der Waals surface area (Å²) in [6.45, 7) is 1.43. The number of carbonyl (C=O) groups is 1. The lowest BCUT2D eigenvalue weighted by Gasteiger charge is -2.32. The fraction of sp³-hybridized carbons (Fsp3) is 0.579. The van der Waals surface area contributed by atoms with Crippen molar-refractivity contribution in [2.45, 2.75) is 25.7 Å². The lowest BCUT2D eigenvalue weighted by atomic mass is 9.92. The number of carbonyl (C=O) groups excluding carboxylic acids is 1. The minimum atomic E-state index is -0.0563. The van der Waals surface area contributed by atoms with Crippen LogP contribution >= 0.6 is 0 Å². The van der Waals surface area contributed by atoms with E-state index in [4.69, 9.17) is 14.0 Å². The van der Waals surface area contributed by atoms with Crippen LogP contribution in [0.15, 0.2) is 16.7 Å². The summed E-state index contributed by atoms with van der Waals surface area (Å²) in [5.74, 6) is 1.93. The Morgan fingerprint density at radius 2 is 1.96 bits per heavy atom. The van der Waals surface area contributed by atoms with Gasteiger partial charge < -0.3 is 23.8 Å². The monoisotopic (exact) mass is 389 g/mol. The van der Waals surface area contributed by atoms with Crippen molar-refractivity contribution in [2.24, 2.45) is 5.92 Å². The van der Waals surface area contributed by atoms with Crippen molar-refractivity contribution in [3.63, 3.8) is 0 Å². The predicted octanol–water partition coefficient (Wildman–Crippen LogP) is 2.03. The Morgan fingerprint density at radius 1 is 1.21 bits per heavy atom. The smallest absolute Gasteiger partial charge is 0.323 e. The number of likely N-dealkylation sites (tertiary alicyclic amines) is 1. The van der Waals surface area contributed by atoms with Gasteiger partial charge in [-0.1, -0.05) is 5.16 Å². The first kappa shape index (κ1) is 19.9. The van der Waals surface area contributed by atoms with Gasteiger partial charge in [0.25, 0.3) is 5.91 Å². The van der Waals surface area contributed by atoms with Crippen LogP contribution in [-0.4, -0.2) is 67.3 Å². The molecule has 0 saturated carbocycles. The summed E-state index contributed by atoms with van der Waals surface area (Å²) in [6.07, 6.45) is 3.68. The molecule has 3 rings (SSSR count). The van der Waals surface area contributed by atoms with Gasteiger partial charge in [0.2, 0.25) is 11.8 Å². The summed E-state index contributed by atoms with van der Waals surface area (Å²) in [5, 5.41) is 4.01. The number of methoxy groups -OCH3 is 2. The fourth-order valence-electron chi connectivity index (χ4n) is 3.31. The second-order valence-corrected chi connectivity index (χ2v) is 7.07. The van der Waals surface area contributed by atoms with Gasteiger partial charge in [0.05, 0.1) is 14.2 Å². The molecule has 2 aromatic heterocycles. The molecule has 0 aliphatic carbocycles. The van der Waals surface area contributed by atoms with E-state index in [0.29, 0.717) is 42.3 Å². The molecule has 9 nitrogen and oxygen atoms in total. The maximum absolute atomic E-state index is 12.9. The van der Waals surface area contributed by atoms with Crippen LogP contribution in [0.5, 0.6) is 11.8 Å². The Labute approximate surface area is 164 Å². The van der Waals surface area contributed by atoms with Gasteiger partial charge in [0, 0.05) is 39.7 Å². The first-order valence-corrected chi connectivity index (χ1v) is 9.40. The van der Waals surface area contributed by atoms with E-state index >= 15 is 0 Å². The highest BCUT2D eigenvalue weighted by Crippen LogP contribution is 2.26. The Hall–Kier alpha value is -2.84. The van der Waals surface area contributed by atoms with E-state index in [1.165, 1.54) is 14.2 Å². The van der Waals surface area contributed by atoms with Gasteiger partial charge in [-0.05, 0) is 31.2 Å². The zero-order valence-electron chi connectivity index (χ0n) is 16.8. The van der Waals surface area contributed by atoms with Crippen molar-refractivity contribution < 1.29 is 18.8 Å². The zero-order chi connectivity index (χ0) is 20.1. The number of ether oxygens (including phenoxy) is 2. The summed E-state index contributed by atoms with van der Waals surface area (Å²) in [6, 6.07) is 3.91. The zero-order valence-corrected chi connectivity index (χ0v) is 16.8. The maximum atomic E-state index is 12.9. The molecule has 9 heteroatoms. The number of rotatable bonds is 7. The third kappa shape index (κ3) is 4.52. The molecule has 0 aromatic carbocycles. The van der Waals surface area contributed by atoms with Gasteiger partial charge in [-0.25, -0.2) is 0 Å². The molecule has 0 unspecified atom stereocenters. The first-order valence-electron chi connectivity index (χ1n) is 9.40. The molecule has 1 amide bonds. The standard InChI is InChI=1S/C19H27N5O4/c1-23(2)19-20-15(22-28-19)7-5-13-9-11-24(12-10-13)18(25)14-6-8-16(26-3)21-17(14)27-4/h6,8,13H,5,7,9-12H2,1-4H3. The molecule has 0 atom stereocenters. The van der Waals surface area contributed by atoms with Crippen LogP contribution in [0.1, 0.15) is 35.4 Å². The molecule has 1 aliphatic rings. The summed E-state index contributed by atoms with van der Waals surface area (Å²) < 4.78 is 15.5. The molecule has 0 bridgehead atoms. The van der Waals surface area contributed by atoms with E-state index in [1.807, 2.05) is 19.0 Å². The van der Waals surface area contributed by atoms with Crippen LogP contribution in [0.25, 0.3) is 0 Å². The number of piperidine rings is 1. The van der Waals surface area contributed by atoms with Crippen molar-refractivity contribution >= 4 is 11.9 Å². The summed E-state index contributed by atoms with van der Waals surface area (Å²) in [5.41, 5.74) is 0.463. The Kier molecular flexibility index (Phi) is 6.33. The number of hydrogen-bond acceptors (Lipinski definition) is 8. The van der Waals surface area contributed by atoms with Crippen molar-refractivity contribution in [1.29, 1.82) is 0 Å². The van der Waals surface area contributed by atoms with Gasteiger partial charge in [0.1, 0.15) is 5.56 Å². The van der Waals surface area contributed by atoms with Crippen molar-refractivity contribution in [2.75, 3.05) is 46.3 Å². The SMILES string of the molecule is COc1ccc(C(=O)N2CCC(CCc3noc(N(C)C)n3)CC2)c(OC)n1. The highest BCUT2D eigenvalue weighted by Gasteiger charge is 2.26. The second kappa shape index (κ2) is 8.90. The highest BCUT2D eigenvalue weighted by molar-refractivity contribution is 5.96. The van der Waals surface area contributed by atoms with Crippen LogP contribution in [0, 0.1) is 5.92 Å². The van der Waals surface area contributed by atoms with Gasteiger partial charge in [-0.3, -0.25) is 4.79 Å². The number of amides is 1. The predicted molar refractivity (Wildman–Crippen MR) is 103 cm³/mol. The fourth-order valence-corrected chi connectivity index (χ4v) is 3.31. The normalized spacial score (nSPS) is 14.8. The van der Waals surface area contributed by atoms with E-state index in [2.05, 4.69) is 15.1 Å². The number of aromatic nitrogens is 3. The van der Waals surface area contributed by atoms with E-state index < -0.39 is 0 Å². The van der Waals surface area contributed by atoms with Gasteiger partial charge in [-0.15, -0.1) is 0 Å². The van der Waals surface area contributed by atoms with Crippen LogP contribution < -0.4 is 14.4 Å². The molecular formula is C19H27N5O4. The van der Waals surface area contributed by atoms with Crippen molar-refractivity contribution in [3.05, 3.63) is 23.5 Å². The van der Waals surface area contributed by atoms with E-state index in [0.717, 1.165) is 31.5 Å². The van der Waals surface area contributed by atoms with Gasteiger partial charge in [-0.2, -0.15) is 9.97 Å². The summed E-state index contributed by atoms with van der Waals surface area (Å²) in [4.78, 5) is 25.1. The second-order valence-electron chi connectivity index (χ2n) is 7.07. The van der Waals surface area contributed by atoms with Gasteiger partial charge in [0.15, 0.2) is 5.82 Å². The molecule has 1 aliphatic heterocycles. The van der Waals surface area contributed by atoms with E-state index in [1.54, 1.807) is 17.0 Å². The molecule has 152 valence electrons. The molecule has 28 heavy (non-hydrogen) atoms. The average Bonchev–Trinajstić information content (AvgIpc) is 3.21. The first-order chi connectivity index (χ1) is 13.5. The quantitative estimate of drug-likeness (QED) is 0.710. The number of nitrogens with zero attached hydrogens (tertiary/aromatic N) is 5. The molecule has 0 N–H and O–H groups in total. The van der Waals surface area contributed by atoms with Gasteiger partial charge >= 0.3 is 6.01 Å². The number of pyridine rings is 1. The van der Waals surface area contributed by atoms with Crippen LogP contribution in [0.2, 0.25) is 0 Å². The molecular weight excluding hydrogens is 362 g/mol. The van der Waals surface area contributed by atoms with E-state index in [-0.39, 0.29) is 5.91 Å². The third-order valence-electron chi connectivity index (χ3n) is 4.99. The molecule has 0 spiro atoms. The van der Waals surface area contributed by atoms with Crippen LogP contribution in [0.3, 0.4) is 0 Å². The highest BCUT2D eigenvalue weighted by atomic mass is 16.5. The summed E-state index contributed by atoms with van der Waals surface area (Å²) >= 11 is 0. The number of hydrogen-bond donors (Lipinski definition) is 0. The van der Waals surface area contributed by atoms with Crippen molar-refractivity contribution in [1.82, 2.24) is 20.0 Å². The third-order valence-corrected chi connectivity index (χ3v) is 4.99. The van der Waals surface area contributed by atoms with Crippen LogP contribution in [-0.2, 0) is 6.42 Å². The minimum Gasteiger partial charge on any atom is -0.481 e. The molecule has 0 radical (unpaired) electrons. The topological polar surface area (TPSA) is 93.8 Å². The molecule has 1 fully saturated rings. The van der Waals surface area contributed by atoms with Crippen LogP contribution in [0.4, 0.5) is 6.01 Å². The molecule has 1 saturated heterocycles. The number of anilines is 1. The van der Waals surface area contributed by atoms with E-state index in [9.17, 15) is 4.79 Å². The average molecular weight is 389 g/mol. The number of aryl methyl sites for hydroxylation is 1. The molecule has 2 aromatic rings. The largest absolute Gasteiger partial charge is 0.481 e. The lowest BCUT2D eigenvalue weighted by molar-refractivity contribution is 0.0682. The minimum absolute atomic E-state index is 0.0563.